The van der Waals surface area contributed by atoms with Gasteiger partial charge in [-0.3, -0.25) is 0 Å². The van der Waals surface area contributed by atoms with E-state index < -0.39 is 10.0 Å². The Morgan fingerprint density at radius 2 is 1.88 bits per heavy atom. The van der Waals surface area contributed by atoms with Gasteiger partial charge in [0, 0.05) is 26.2 Å². The third kappa shape index (κ3) is 2.73. The Balaban J connectivity index is 1.52. The van der Waals surface area contributed by atoms with Crippen LogP contribution >= 0.6 is 22.7 Å². The summed E-state index contributed by atoms with van der Waals surface area (Å²) in [6, 6.07) is 9.64. The Labute approximate surface area is 149 Å². The van der Waals surface area contributed by atoms with Crippen molar-refractivity contribution in [1.82, 2.24) is 9.29 Å². The van der Waals surface area contributed by atoms with Crippen molar-refractivity contribution < 1.29 is 8.42 Å². The number of thiazole rings is 1. The molecule has 0 bridgehead atoms. The molecule has 4 rings (SSSR count). The average molecular weight is 380 g/mol. The monoisotopic (exact) mass is 379 g/mol. The third-order valence-corrected chi connectivity index (χ3v) is 8.56. The van der Waals surface area contributed by atoms with Gasteiger partial charge >= 0.3 is 0 Å². The Kier molecular flexibility index (Phi) is 4.07. The molecule has 0 radical (unpaired) electrons. The molecule has 5 nitrogen and oxygen atoms in total. The zero-order valence-electron chi connectivity index (χ0n) is 13.2. The van der Waals surface area contributed by atoms with Crippen molar-refractivity contribution in [3.8, 4) is 0 Å². The minimum atomic E-state index is -3.35. The highest BCUT2D eigenvalue weighted by Gasteiger charge is 2.30. The number of aromatic nitrogens is 1. The van der Waals surface area contributed by atoms with Crippen LogP contribution in [-0.2, 0) is 10.0 Å². The quantitative estimate of drug-likeness (QED) is 0.701. The molecule has 2 aromatic heterocycles. The van der Waals surface area contributed by atoms with Crippen LogP contribution in [0.3, 0.4) is 0 Å². The van der Waals surface area contributed by atoms with Gasteiger partial charge in [-0.15, -0.1) is 11.3 Å². The lowest BCUT2D eigenvalue weighted by Gasteiger charge is -2.33. The van der Waals surface area contributed by atoms with Crippen molar-refractivity contribution in [1.29, 1.82) is 0 Å². The number of benzene rings is 1. The summed E-state index contributed by atoms with van der Waals surface area (Å²) >= 11 is 2.95. The number of sulfonamides is 1. The van der Waals surface area contributed by atoms with E-state index in [1.807, 2.05) is 6.07 Å². The predicted molar refractivity (Wildman–Crippen MR) is 99.6 cm³/mol. The molecule has 0 aliphatic carbocycles. The van der Waals surface area contributed by atoms with Crippen molar-refractivity contribution in [2.75, 3.05) is 31.1 Å². The number of rotatable bonds is 3. The topological polar surface area (TPSA) is 53.5 Å². The maximum absolute atomic E-state index is 12.6. The maximum Gasteiger partial charge on any atom is 0.252 e. The first-order chi connectivity index (χ1) is 11.6. The summed E-state index contributed by atoms with van der Waals surface area (Å²) < 4.78 is 28.3. The number of piperazine rings is 1. The van der Waals surface area contributed by atoms with E-state index in [0.717, 1.165) is 10.6 Å². The lowest BCUT2D eigenvalue weighted by molar-refractivity contribution is 0.386. The van der Waals surface area contributed by atoms with E-state index in [1.54, 1.807) is 33.2 Å². The van der Waals surface area contributed by atoms with E-state index in [0.29, 0.717) is 30.4 Å². The van der Waals surface area contributed by atoms with E-state index in [-0.39, 0.29) is 0 Å². The summed E-state index contributed by atoms with van der Waals surface area (Å²) in [6.45, 7) is 4.40. The van der Waals surface area contributed by atoms with Crippen molar-refractivity contribution in [2.24, 2.45) is 0 Å². The van der Waals surface area contributed by atoms with Gasteiger partial charge in [-0.05, 0) is 30.0 Å². The van der Waals surface area contributed by atoms with Crippen LogP contribution in [0.1, 0.15) is 5.56 Å². The van der Waals surface area contributed by atoms with Gasteiger partial charge in [-0.1, -0.05) is 29.5 Å². The minimum Gasteiger partial charge on any atom is -0.345 e. The molecule has 0 unspecified atom stereocenters. The smallest absolute Gasteiger partial charge is 0.252 e. The summed E-state index contributed by atoms with van der Waals surface area (Å²) in [6.07, 6.45) is 0. The SMILES string of the molecule is Cc1cccc2sc(N3CCN(S(=O)(=O)c4cccs4)CC3)nc12. The van der Waals surface area contributed by atoms with Crippen LogP contribution in [0.5, 0.6) is 0 Å². The number of nitrogens with zero attached hydrogens (tertiary/aromatic N) is 3. The van der Waals surface area contributed by atoms with Crippen LogP contribution in [-0.4, -0.2) is 43.9 Å². The molecule has 1 aliphatic rings. The summed E-state index contributed by atoms with van der Waals surface area (Å²) in [5.74, 6) is 0. The molecule has 8 heteroatoms. The zero-order chi connectivity index (χ0) is 16.7. The lowest BCUT2D eigenvalue weighted by Crippen LogP contribution is -2.48. The van der Waals surface area contributed by atoms with Crippen molar-refractivity contribution >= 4 is 48.0 Å². The second-order valence-corrected chi connectivity index (χ2v) is 9.86. The highest BCUT2D eigenvalue weighted by atomic mass is 32.2. The molecule has 3 aromatic rings. The highest BCUT2D eigenvalue weighted by molar-refractivity contribution is 7.91. The van der Waals surface area contributed by atoms with Gasteiger partial charge in [-0.25, -0.2) is 13.4 Å². The molecule has 3 heterocycles. The van der Waals surface area contributed by atoms with Gasteiger partial charge in [-0.2, -0.15) is 4.31 Å². The van der Waals surface area contributed by atoms with Gasteiger partial charge in [0.2, 0.25) is 0 Å². The molecule has 1 saturated heterocycles. The molecule has 1 fully saturated rings. The summed E-state index contributed by atoms with van der Waals surface area (Å²) in [5.41, 5.74) is 2.22. The van der Waals surface area contributed by atoms with Gasteiger partial charge < -0.3 is 4.90 Å². The molecule has 0 atom stereocenters. The van der Waals surface area contributed by atoms with E-state index in [2.05, 4.69) is 24.0 Å². The van der Waals surface area contributed by atoms with Crippen molar-refractivity contribution in [3.63, 3.8) is 0 Å². The molecule has 0 amide bonds. The summed E-state index contributed by atoms with van der Waals surface area (Å²) in [7, 11) is -3.35. The number of thiophene rings is 1. The fraction of sp³-hybridized carbons (Fsp3) is 0.312. The van der Waals surface area contributed by atoms with E-state index in [1.165, 1.54) is 21.6 Å². The number of para-hydroxylation sites is 1. The van der Waals surface area contributed by atoms with Gasteiger partial charge in [0.05, 0.1) is 10.2 Å². The average Bonchev–Trinajstić information content (AvgIpc) is 3.25. The normalized spacial score (nSPS) is 16.8. The maximum atomic E-state index is 12.6. The van der Waals surface area contributed by atoms with Crippen LogP contribution in [0, 0.1) is 6.92 Å². The lowest BCUT2D eigenvalue weighted by atomic mass is 10.2. The van der Waals surface area contributed by atoms with Gasteiger partial charge in [0.25, 0.3) is 10.0 Å². The molecular formula is C16H17N3O2S3. The highest BCUT2D eigenvalue weighted by Crippen LogP contribution is 2.31. The minimum absolute atomic E-state index is 0.423. The fourth-order valence-corrected chi connectivity index (χ4v) is 6.53. The first-order valence-electron chi connectivity index (χ1n) is 7.70. The number of aryl methyl sites for hydroxylation is 1. The van der Waals surface area contributed by atoms with Crippen LogP contribution in [0.25, 0.3) is 10.2 Å². The summed E-state index contributed by atoms with van der Waals surface area (Å²) in [5, 5.41) is 2.78. The molecule has 126 valence electrons. The van der Waals surface area contributed by atoms with Crippen LogP contribution in [0.4, 0.5) is 5.13 Å². The van der Waals surface area contributed by atoms with Crippen LogP contribution in [0.15, 0.2) is 39.9 Å². The molecule has 1 aliphatic heterocycles. The third-order valence-electron chi connectivity index (χ3n) is 4.21. The number of fused-ring (bicyclic) bond motifs is 1. The zero-order valence-corrected chi connectivity index (χ0v) is 15.6. The van der Waals surface area contributed by atoms with E-state index in [9.17, 15) is 8.42 Å². The molecule has 24 heavy (non-hydrogen) atoms. The molecule has 0 spiro atoms. The van der Waals surface area contributed by atoms with Crippen LogP contribution in [0.2, 0.25) is 0 Å². The summed E-state index contributed by atoms with van der Waals surface area (Å²) in [4.78, 5) is 6.94. The largest absolute Gasteiger partial charge is 0.345 e. The van der Waals surface area contributed by atoms with Crippen molar-refractivity contribution in [2.45, 2.75) is 11.1 Å². The molecule has 1 aromatic carbocycles. The number of hydrogen-bond donors (Lipinski definition) is 0. The Bertz CT molecular complexity index is 956. The molecular weight excluding hydrogens is 362 g/mol. The van der Waals surface area contributed by atoms with Gasteiger partial charge in [0.15, 0.2) is 5.13 Å². The van der Waals surface area contributed by atoms with Crippen LogP contribution < -0.4 is 4.90 Å². The fourth-order valence-electron chi connectivity index (χ4n) is 2.87. The second kappa shape index (κ2) is 6.11. The first kappa shape index (κ1) is 16.0. The second-order valence-electron chi connectivity index (χ2n) is 5.74. The Morgan fingerprint density at radius 1 is 1.08 bits per heavy atom. The molecule has 0 saturated carbocycles. The Morgan fingerprint density at radius 3 is 2.54 bits per heavy atom. The van der Waals surface area contributed by atoms with Gasteiger partial charge in [0.1, 0.15) is 4.21 Å². The predicted octanol–water partition coefficient (Wildman–Crippen LogP) is 3.18. The number of anilines is 1. The van der Waals surface area contributed by atoms with E-state index >= 15 is 0 Å². The van der Waals surface area contributed by atoms with E-state index in [4.69, 9.17) is 4.98 Å². The Hall–Kier alpha value is -1.48. The number of hydrogen-bond acceptors (Lipinski definition) is 6. The molecule has 0 N–H and O–H groups in total. The standard InChI is InChI=1S/C16H17N3O2S3/c1-12-4-2-5-13-15(12)17-16(23-13)18-7-9-19(10-8-18)24(20,21)14-6-3-11-22-14/h2-6,11H,7-10H2,1H3. The first-order valence-corrected chi connectivity index (χ1v) is 10.8. The van der Waals surface area contributed by atoms with Crippen molar-refractivity contribution in [3.05, 3.63) is 41.3 Å².